The number of ether oxygens (including phenoxy) is 2. The van der Waals surface area contributed by atoms with Crippen molar-refractivity contribution in [3.63, 3.8) is 0 Å². The smallest absolute Gasteiger partial charge is 0.342 e. The number of methoxy groups -OCH3 is 1. The maximum Gasteiger partial charge on any atom is 0.342 e. The van der Waals surface area contributed by atoms with Crippen LogP contribution >= 0.6 is 0 Å². The average Bonchev–Trinajstić information content (AvgIpc) is 2.67. The Balaban J connectivity index is 2.04. The molecular formula is C18H20N2O6S. The van der Waals surface area contributed by atoms with Crippen LogP contribution in [0.3, 0.4) is 0 Å². The minimum Gasteiger partial charge on any atom is -0.496 e. The quantitative estimate of drug-likeness (QED) is 0.694. The summed E-state index contributed by atoms with van der Waals surface area (Å²) < 4.78 is 36.3. The van der Waals surface area contributed by atoms with Crippen molar-refractivity contribution in [1.29, 1.82) is 0 Å². The van der Waals surface area contributed by atoms with Gasteiger partial charge in [-0.15, -0.1) is 0 Å². The van der Waals surface area contributed by atoms with Gasteiger partial charge in [0.05, 0.1) is 12.0 Å². The molecule has 0 spiro atoms. The zero-order valence-electron chi connectivity index (χ0n) is 15.1. The van der Waals surface area contributed by atoms with Crippen LogP contribution in [0.4, 0.5) is 5.69 Å². The number of benzene rings is 2. The van der Waals surface area contributed by atoms with Crippen LogP contribution in [-0.2, 0) is 19.6 Å². The molecule has 0 aliphatic heterocycles. The molecule has 0 radical (unpaired) electrons. The second kappa shape index (κ2) is 8.65. The molecule has 9 heteroatoms. The summed E-state index contributed by atoms with van der Waals surface area (Å²) in [5.74, 6) is -0.969. The number of sulfonamides is 1. The first-order valence-corrected chi connectivity index (χ1v) is 9.41. The van der Waals surface area contributed by atoms with Crippen LogP contribution in [0.15, 0.2) is 47.4 Å². The van der Waals surface area contributed by atoms with Crippen LogP contribution in [0.1, 0.15) is 15.9 Å². The van der Waals surface area contributed by atoms with E-state index in [2.05, 4.69) is 10.0 Å². The number of esters is 1. The number of carbonyl (C=O) groups is 2. The molecule has 2 aromatic carbocycles. The molecular weight excluding hydrogens is 372 g/mol. The third-order valence-electron chi connectivity index (χ3n) is 3.69. The van der Waals surface area contributed by atoms with Crippen LogP contribution in [0.5, 0.6) is 5.75 Å². The van der Waals surface area contributed by atoms with Crippen molar-refractivity contribution >= 4 is 27.6 Å². The van der Waals surface area contributed by atoms with Crippen molar-refractivity contribution in [2.45, 2.75) is 11.8 Å². The zero-order chi connectivity index (χ0) is 20.0. The number of amides is 1. The van der Waals surface area contributed by atoms with Crippen molar-refractivity contribution in [1.82, 2.24) is 4.72 Å². The molecule has 0 heterocycles. The van der Waals surface area contributed by atoms with Gasteiger partial charge in [-0.25, -0.2) is 17.9 Å². The summed E-state index contributed by atoms with van der Waals surface area (Å²) in [6.07, 6.45) is 0. The highest BCUT2D eigenvalue weighted by molar-refractivity contribution is 7.89. The Kier molecular flexibility index (Phi) is 6.54. The summed E-state index contributed by atoms with van der Waals surface area (Å²) in [6.45, 7) is 1.11. The van der Waals surface area contributed by atoms with E-state index in [0.717, 1.165) is 0 Å². The number of para-hydroxylation sites is 1. The van der Waals surface area contributed by atoms with Crippen LogP contribution < -0.4 is 14.8 Å². The normalized spacial score (nSPS) is 10.9. The Labute approximate surface area is 157 Å². The third-order valence-corrected chi connectivity index (χ3v) is 5.25. The van der Waals surface area contributed by atoms with E-state index < -0.39 is 28.5 Å². The molecule has 0 aliphatic carbocycles. The molecule has 1 amide bonds. The molecule has 0 fully saturated rings. The average molecular weight is 392 g/mol. The standard InChI is InChI=1S/C18H20N2O6S/c1-12-8-9-13(10-16(12)27(23,24)19-2)20-17(21)11-26-18(22)14-6-4-5-7-15(14)25-3/h4-10,19H,11H2,1-3H3,(H,20,21). The SMILES string of the molecule is CNS(=O)(=O)c1cc(NC(=O)COC(=O)c2ccccc2OC)ccc1C. The summed E-state index contributed by atoms with van der Waals surface area (Å²) >= 11 is 0. The monoisotopic (exact) mass is 392 g/mol. The highest BCUT2D eigenvalue weighted by Gasteiger charge is 2.17. The maximum atomic E-state index is 12.1. The minimum atomic E-state index is -3.66. The first-order valence-electron chi connectivity index (χ1n) is 7.92. The van der Waals surface area contributed by atoms with E-state index in [4.69, 9.17) is 9.47 Å². The Morgan fingerprint density at radius 1 is 1.11 bits per heavy atom. The summed E-state index contributed by atoms with van der Waals surface area (Å²) in [4.78, 5) is 24.2. The fraction of sp³-hybridized carbons (Fsp3) is 0.222. The molecule has 0 saturated heterocycles. The summed E-state index contributed by atoms with van der Waals surface area (Å²) in [5.41, 5.74) is 1.00. The highest BCUT2D eigenvalue weighted by atomic mass is 32.2. The van der Waals surface area contributed by atoms with Crippen LogP contribution in [0, 0.1) is 6.92 Å². The molecule has 0 aliphatic rings. The number of carbonyl (C=O) groups excluding carboxylic acids is 2. The van der Waals surface area contributed by atoms with E-state index >= 15 is 0 Å². The van der Waals surface area contributed by atoms with Crippen molar-refractivity contribution in [3.8, 4) is 5.75 Å². The van der Waals surface area contributed by atoms with Crippen molar-refractivity contribution < 1.29 is 27.5 Å². The van der Waals surface area contributed by atoms with Gasteiger partial charge in [0, 0.05) is 5.69 Å². The van der Waals surface area contributed by atoms with Gasteiger partial charge < -0.3 is 14.8 Å². The molecule has 144 valence electrons. The lowest BCUT2D eigenvalue weighted by Crippen LogP contribution is -2.22. The van der Waals surface area contributed by atoms with Gasteiger partial charge in [0.15, 0.2) is 6.61 Å². The van der Waals surface area contributed by atoms with Gasteiger partial charge in [-0.2, -0.15) is 0 Å². The van der Waals surface area contributed by atoms with Crippen molar-refractivity contribution in [2.75, 3.05) is 26.1 Å². The van der Waals surface area contributed by atoms with Gasteiger partial charge in [0.2, 0.25) is 10.0 Å². The Morgan fingerprint density at radius 3 is 2.48 bits per heavy atom. The summed E-state index contributed by atoms with van der Waals surface area (Å²) in [5, 5.41) is 2.50. The Morgan fingerprint density at radius 2 is 1.81 bits per heavy atom. The van der Waals surface area contributed by atoms with Gasteiger partial charge in [0.1, 0.15) is 11.3 Å². The molecule has 27 heavy (non-hydrogen) atoms. The van der Waals surface area contributed by atoms with Crippen molar-refractivity contribution in [3.05, 3.63) is 53.6 Å². The number of hydrogen-bond donors (Lipinski definition) is 2. The van der Waals surface area contributed by atoms with Gasteiger partial charge in [-0.1, -0.05) is 18.2 Å². The third kappa shape index (κ3) is 5.05. The van der Waals surface area contributed by atoms with E-state index in [-0.39, 0.29) is 16.1 Å². The molecule has 0 atom stereocenters. The maximum absolute atomic E-state index is 12.1. The van der Waals surface area contributed by atoms with Gasteiger partial charge in [-0.05, 0) is 43.8 Å². The predicted octanol–water partition coefficient (Wildman–Crippen LogP) is 1.71. The molecule has 0 unspecified atom stereocenters. The van der Waals surface area contributed by atoms with Crippen LogP contribution in [0.2, 0.25) is 0 Å². The number of nitrogens with one attached hydrogen (secondary N) is 2. The number of rotatable bonds is 7. The number of aryl methyl sites for hydroxylation is 1. The summed E-state index contributed by atoms with van der Waals surface area (Å²) in [7, 11) is -0.931. The van der Waals surface area contributed by atoms with E-state index in [1.807, 2.05) is 0 Å². The Hall–Kier alpha value is -2.91. The lowest BCUT2D eigenvalue weighted by molar-refractivity contribution is -0.119. The largest absolute Gasteiger partial charge is 0.496 e. The molecule has 8 nitrogen and oxygen atoms in total. The second-order valence-corrected chi connectivity index (χ2v) is 7.37. The molecule has 0 aromatic heterocycles. The van der Waals surface area contributed by atoms with Gasteiger partial charge in [0.25, 0.3) is 5.91 Å². The lowest BCUT2D eigenvalue weighted by Gasteiger charge is -2.11. The Bertz CT molecular complexity index is 956. The second-order valence-electron chi connectivity index (χ2n) is 5.51. The van der Waals surface area contributed by atoms with E-state index in [9.17, 15) is 18.0 Å². The number of anilines is 1. The topological polar surface area (TPSA) is 111 Å². The molecule has 0 bridgehead atoms. The fourth-order valence-electron chi connectivity index (χ4n) is 2.30. The predicted molar refractivity (Wildman–Crippen MR) is 99.3 cm³/mol. The lowest BCUT2D eigenvalue weighted by atomic mass is 10.2. The van der Waals surface area contributed by atoms with Crippen molar-refractivity contribution in [2.24, 2.45) is 0 Å². The first-order chi connectivity index (χ1) is 12.8. The number of hydrogen-bond acceptors (Lipinski definition) is 6. The molecule has 2 aromatic rings. The molecule has 2 rings (SSSR count). The van der Waals surface area contributed by atoms with Gasteiger partial charge in [-0.3, -0.25) is 4.79 Å². The molecule has 0 saturated carbocycles. The van der Waals surface area contributed by atoms with E-state index in [1.54, 1.807) is 37.3 Å². The summed E-state index contributed by atoms with van der Waals surface area (Å²) in [6, 6.07) is 10.9. The first kappa shape index (κ1) is 20.4. The highest BCUT2D eigenvalue weighted by Crippen LogP contribution is 2.20. The fourth-order valence-corrected chi connectivity index (χ4v) is 3.29. The van der Waals surface area contributed by atoms with Crippen LogP contribution in [-0.4, -0.2) is 41.1 Å². The minimum absolute atomic E-state index is 0.0498. The van der Waals surface area contributed by atoms with E-state index in [1.165, 1.54) is 26.3 Å². The van der Waals surface area contributed by atoms with Gasteiger partial charge >= 0.3 is 5.97 Å². The van der Waals surface area contributed by atoms with Crippen LogP contribution in [0.25, 0.3) is 0 Å². The zero-order valence-corrected chi connectivity index (χ0v) is 15.9. The molecule has 2 N–H and O–H groups in total. The van der Waals surface area contributed by atoms with E-state index in [0.29, 0.717) is 11.3 Å².